The van der Waals surface area contributed by atoms with Gasteiger partial charge in [-0.25, -0.2) is 4.63 Å². The van der Waals surface area contributed by atoms with Crippen LogP contribution in [-0.4, -0.2) is 29.9 Å². The van der Waals surface area contributed by atoms with Gasteiger partial charge in [0.05, 0.1) is 6.61 Å². The van der Waals surface area contributed by atoms with Crippen molar-refractivity contribution in [3.8, 4) is 5.88 Å². The van der Waals surface area contributed by atoms with Crippen molar-refractivity contribution in [3.05, 3.63) is 5.69 Å². The molecule has 0 unspecified atom stereocenters. The summed E-state index contributed by atoms with van der Waals surface area (Å²) in [5.74, 6) is -0.253. The number of nitrogens with one attached hydrogen (secondary N) is 1. The van der Waals surface area contributed by atoms with Crippen molar-refractivity contribution in [1.82, 2.24) is 15.6 Å². The summed E-state index contributed by atoms with van der Waals surface area (Å²) in [7, 11) is 1.49. The lowest BCUT2D eigenvalue weighted by molar-refractivity contribution is 0.0950. The maximum Gasteiger partial charge on any atom is 0.289 e. The van der Waals surface area contributed by atoms with E-state index in [1.807, 2.05) is 0 Å². The molecule has 0 atom stereocenters. The summed E-state index contributed by atoms with van der Waals surface area (Å²) in [6.07, 6.45) is 0. The molecule has 0 aromatic carbocycles. The van der Waals surface area contributed by atoms with Gasteiger partial charge in [0.1, 0.15) is 0 Å². The lowest BCUT2D eigenvalue weighted by Gasteiger charge is -1.97. The average Bonchev–Trinajstić information content (AvgIpc) is 2.52. The molecule has 0 aliphatic heterocycles. The van der Waals surface area contributed by atoms with Crippen LogP contribution in [0.5, 0.6) is 5.88 Å². The number of hydrogen-bond donors (Lipinski definition) is 1. The van der Waals surface area contributed by atoms with Gasteiger partial charge in [0.15, 0.2) is 0 Å². The molecule has 1 aromatic heterocycles. The highest BCUT2D eigenvalue weighted by molar-refractivity contribution is 5.93. The zero-order valence-corrected chi connectivity index (χ0v) is 6.83. The number of hydrogen-bond acceptors (Lipinski definition) is 5. The van der Waals surface area contributed by atoms with E-state index in [0.717, 1.165) is 0 Å². The SMILES string of the molecule is CCOc1nonc1C(=O)NC. The first-order valence-electron chi connectivity index (χ1n) is 3.47. The number of ether oxygens (including phenoxy) is 1. The highest BCUT2D eigenvalue weighted by atomic mass is 16.6. The fourth-order valence-corrected chi connectivity index (χ4v) is 0.669. The largest absolute Gasteiger partial charge is 0.474 e. The van der Waals surface area contributed by atoms with Crippen molar-refractivity contribution in [2.75, 3.05) is 13.7 Å². The van der Waals surface area contributed by atoms with E-state index >= 15 is 0 Å². The Balaban J connectivity index is 2.83. The molecule has 66 valence electrons. The van der Waals surface area contributed by atoms with Gasteiger partial charge in [0.2, 0.25) is 5.69 Å². The van der Waals surface area contributed by atoms with Crippen molar-refractivity contribution in [3.63, 3.8) is 0 Å². The number of nitrogens with zero attached hydrogens (tertiary/aromatic N) is 2. The Labute approximate surface area is 68.9 Å². The van der Waals surface area contributed by atoms with Gasteiger partial charge in [-0.3, -0.25) is 4.79 Å². The minimum Gasteiger partial charge on any atom is -0.474 e. The van der Waals surface area contributed by atoms with E-state index in [1.54, 1.807) is 6.92 Å². The third kappa shape index (κ3) is 1.52. The molecule has 0 aliphatic carbocycles. The van der Waals surface area contributed by atoms with E-state index in [9.17, 15) is 4.79 Å². The molecule has 0 fully saturated rings. The van der Waals surface area contributed by atoms with Crippen LogP contribution in [0, 0.1) is 0 Å². The molecule has 0 radical (unpaired) electrons. The Hall–Kier alpha value is -1.59. The predicted octanol–water partition coefficient (Wildman–Crippen LogP) is -0.172. The van der Waals surface area contributed by atoms with Gasteiger partial charge in [-0.1, -0.05) is 0 Å². The van der Waals surface area contributed by atoms with Crippen LogP contribution >= 0.6 is 0 Å². The Kier molecular flexibility index (Phi) is 2.62. The normalized spacial score (nSPS) is 9.50. The van der Waals surface area contributed by atoms with Crippen LogP contribution in [0.1, 0.15) is 17.4 Å². The van der Waals surface area contributed by atoms with Crippen LogP contribution in [0.4, 0.5) is 0 Å². The first kappa shape index (κ1) is 8.51. The summed E-state index contributed by atoms with van der Waals surface area (Å²) in [6.45, 7) is 2.19. The first-order chi connectivity index (χ1) is 5.79. The number of carbonyl (C=O) groups excluding carboxylic acids is 1. The number of amides is 1. The summed E-state index contributed by atoms with van der Waals surface area (Å²) in [6, 6.07) is 0. The third-order valence-electron chi connectivity index (χ3n) is 1.18. The fourth-order valence-electron chi connectivity index (χ4n) is 0.669. The molecule has 0 spiro atoms. The van der Waals surface area contributed by atoms with Crippen molar-refractivity contribution in [2.45, 2.75) is 6.92 Å². The summed E-state index contributed by atoms with van der Waals surface area (Å²) in [5, 5.41) is 9.17. The average molecular weight is 171 g/mol. The molecule has 0 bridgehead atoms. The van der Waals surface area contributed by atoms with Crippen molar-refractivity contribution in [1.29, 1.82) is 0 Å². The molecular formula is C6H9N3O3. The summed E-state index contributed by atoms with van der Waals surface area (Å²) in [4.78, 5) is 11.0. The summed E-state index contributed by atoms with van der Waals surface area (Å²) < 4.78 is 9.31. The van der Waals surface area contributed by atoms with Gasteiger partial charge >= 0.3 is 0 Å². The minimum atomic E-state index is -0.375. The molecule has 12 heavy (non-hydrogen) atoms. The van der Waals surface area contributed by atoms with E-state index in [1.165, 1.54) is 7.05 Å². The zero-order chi connectivity index (χ0) is 8.97. The van der Waals surface area contributed by atoms with Gasteiger partial charge in [-0.15, -0.1) is 0 Å². The topological polar surface area (TPSA) is 77.2 Å². The van der Waals surface area contributed by atoms with Crippen molar-refractivity contribution >= 4 is 5.91 Å². The Morgan fingerprint density at radius 3 is 3.00 bits per heavy atom. The number of rotatable bonds is 3. The van der Waals surface area contributed by atoms with Crippen LogP contribution in [0.3, 0.4) is 0 Å². The third-order valence-corrected chi connectivity index (χ3v) is 1.18. The molecule has 0 saturated heterocycles. The minimum absolute atomic E-state index is 0.0688. The highest BCUT2D eigenvalue weighted by Crippen LogP contribution is 2.11. The quantitative estimate of drug-likeness (QED) is 0.683. The van der Waals surface area contributed by atoms with E-state index in [0.29, 0.717) is 6.61 Å². The predicted molar refractivity (Wildman–Crippen MR) is 38.9 cm³/mol. The Morgan fingerprint density at radius 2 is 2.42 bits per heavy atom. The molecular weight excluding hydrogens is 162 g/mol. The first-order valence-corrected chi connectivity index (χ1v) is 3.47. The lowest BCUT2D eigenvalue weighted by atomic mass is 10.4. The molecule has 1 heterocycles. The molecule has 0 saturated carbocycles. The Morgan fingerprint density at radius 1 is 1.67 bits per heavy atom. The maximum absolute atomic E-state index is 11.0. The molecule has 6 nitrogen and oxygen atoms in total. The number of aromatic nitrogens is 2. The molecule has 6 heteroatoms. The number of carbonyl (C=O) groups is 1. The van der Waals surface area contributed by atoms with Gasteiger partial charge in [0, 0.05) is 7.05 Å². The second kappa shape index (κ2) is 3.70. The second-order valence-corrected chi connectivity index (χ2v) is 1.93. The van der Waals surface area contributed by atoms with Crippen LogP contribution in [0.25, 0.3) is 0 Å². The lowest BCUT2D eigenvalue weighted by Crippen LogP contribution is -2.19. The molecule has 1 amide bonds. The molecule has 1 rings (SSSR count). The Bertz CT molecular complexity index is 271. The van der Waals surface area contributed by atoms with Gasteiger partial charge in [-0.05, 0) is 17.2 Å². The zero-order valence-electron chi connectivity index (χ0n) is 6.83. The summed E-state index contributed by atoms with van der Waals surface area (Å²) in [5.41, 5.74) is 0.0688. The molecule has 1 aromatic rings. The molecule has 0 aliphatic rings. The van der Waals surface area contributed by atoms with Crippen molar-refractivity contribution < 1.29 is 14.2 Å². The smallest absolute Gasteiger partial charge is 0.289 e. The van der Waals surface area contributed by atoms with Crippen LogP contribution in [-0.2, 0) is 0 Å². The van der Waals surface area contributed by atoms with Gasteiger partial charge in [0.25, 0.3) is 11.8 Å². The monoisotopic (exact) mass is 171 g/mol. The van der Waals surface area contributed by atoms with Gasteiger partial charge < -0.3 is 10.1 Å². The van der Waals surface area contributed by atoms with E-state index in [4.69, 9.17) is 4.74 Å². The van der Waals surface area contributed by atoms with E-state index in [2.05, 4.69) is 20.3 Å². The van der Waals surface area contributed by atoms with E-state index < -0.39 is 0 Å². The van der Waals surface area contributed by atoms with E-state index in [-0.39, 0.29) is 17.5 Å². The summed E-state index contributed by atoms with van der Waals surface area (Å²) >= 11 is 0. The van der Waals surface area contributed by atoms with Crippen LogP contribution in [0.2, 0.25) is 0 Å². The van der Waals surface area contributed by atoms with Crippen molar-refractivity contribution in [2.24, 2.45) is 0 Å². The maximum atomic E-state index is 11.0. The molecule has 1 N–H and O–H groups in total. The van der Waals surface area contributed by atoms with Gasteiger partial charge in [-0.2, -0.15) is 0 Å². The van der Waals surface area contributed by atoms with Crippen LogP contribution < -0.4 is 10.1 Å². The van der Waals surface area contributed by atoms with Crippen LogP contribution in [0.15, 0.2) is 4.63 Å². The highest BCUT2D eigenvalue weighted by Gasteiger charge is 2.17. The second-order valence-electron chi connectivity index (χ2n) is 1.93. The fraction of sp³-hybridized carbons (Fsp3) is 0.500. The standard InChI is InChI=1S/C6H9N3O3/c1-3-11-6-4(5(10)7-2)8-12-9-6/h3H2,1-2H3,(H,7,10).